The van der Waals surface area contributed by atoms with Crippen LogP contribution in [0.1, 0.15) is 81.9 Å². The van der Waals surface area contributed by atoms with Crippen molar-refractivity contribution in [3.8, 4) is 5.88 Å². The number of aryl methyl sites for hydroxylation is 1. The molecule has 0 bridgehead atoms. The largest absolute Gasteiger partial charge is 0.481 e. The van der Waals surface area contributed by atoms with E-state index in [1.165, 1.54) is 0 Å². The molecule has 2 N–H and O–H groups in total. The Morgan fingerprint density at radius 3 is 2.72 bits per heavy atom. The fourth-order valence-corrected chi connectivity index (χ4v) is 4.31. The minimum atomic E-state index is -0.712. The van der Waals surface area contributed by atoms with Crippen molar-refractivity contribution >= 4 is 17.3 Å². The van der Waals surface area contributed by atoms with Gasteiger partial charge >= 0.3 is 5.97 Å². The van der Waals surface area contributed by atoms with Crippen LogP contribution < -0.4 is 4.74 Å². The number of pyridine rings is 1. The SMILES string of the molecule is CCCCc1nc(C2=CN=C(c3ccc(OC4CCC(CC(=O)O)CC4)nc3)CC2)n[nH]1. The number of carbonyl (C=O) groups is 1. The number of hydrogen-bond acceptors (Lipinski definition) is 6. The summed E-state index contributed by atoms with van der Waals surface area (Å²) < 4.78 is 6.03. The molecule has 0 spiro atoms. The van der Waals surface area contributed by atoms with Crippen LogP contribution >= 0.6 is 0 Å². The predicted octanol–water partition coefficient (Wildman–Crippen LogP) is 4.58. The molecule has 0 radical (unpaired) electrons. The van der Waals surface area contributed by atoms with Crippen LogP contribution in [0.5, 0.6) is 5.88 Å². The summed E-state index contributed by atoms with van der Waals surface area (Å²) in [6.45, 7) is 2.17. The molecule has 1 fully saturated rings. The van der Waals surface area contributed by atoms with E-state index >= 15 is 0 Å². The highest BCUT2D eigenvalue weighted by Gasteiger charge is 2.24. The summed E-state index contributed by atoms with van der Waals surface area (Å²) in [4.78, 5) is 24.6. The Balaban J connectivity index is 1.31. The fourth-order valence-electron chi connectivity index (χ4n) is 4.31. The molecular weight excluding hydrogens is 406 g/mol. The second kappa shape index (κ2) is 10.5. The zero-order valence-electron chi connectivity index (χ0n) is 18.6. The highest BCUT2D eigenvalue weighted by molar-refractivity contribution is 6.02. The Hall–Kier alpha value is -3.03. The van der Waals surface area contributed by atoms with Crippen molar-refractivity contribution in [3.63, 3.8) is 0 Å². The molecule has 3 heterocycles. The number of unbranched alkanes of at least 4 members (excludes halogenated alkanes) is 1. The summed E-state index contributed by atoms with van der Waals surface area (Å²) in [5.74, 6) is 1.86. The number of aliphatic imine (C=N–C) groups is 1. The Labute approximate surface area is 188 Å². The molecule has 0 saturated heterocycles. The number of carboxylic acid groups (broad SMARTS) is 1. The standard InChI is InChI=1S/C24H31N5O3/c1-2-3-4-21-27-24(29-28-21)18-7-11-20(25-15-18)17-8-12-22(26-14-17)32-19-9-5-16(6-10-19)13-23(30)31/h8,12,14-16,19H,2-7,9-11,13H2,1H3,(H,30,31)(H,27,28,29). The number of ether oxygens (including phenoxy) is 1. The first-order valence-corrected chi connectivity index (χ1v) is 11.6. The van der Waals surface area contributed by atoms with Crippen LogP contribution in [0.2, 0.25) is 0 Å². The van der Waals surface area contributed by atoms with Gasteiger partial charge in [0, 0.05) is 48.2 Å². The molecule has 1 aliphatic carbocycles. The van der Waals surface area contributed by atoms with Crippen molar-refractivity contribution in [1.82, 2.24) is 20.2 Å². The van der Waals surface area contributed by atoms with Gasteiger partial charge < -0.3 is 9.84 Å². The average molecular weight is 438 g/mol. The Kier molecular flexibility index (Phi) is 7.29. The van der Waals surface area contributed by atoms with E-state index in [2.05, 4.69) is 32.1 Å². The predicted molar refractivity (Wildman–Crippen MR) is 122 cm³/mol. The van der Waals surface area contributed by atoms with Crippen molar-refractivity contribution in [2.75, 3.05) is 0 Å². The van der Waals surface area contributed by atoms with Crippen LogP contribution in [0.4, 0.5) is 0 Å². The van der Waals surface area contributed by atoms with Crippen LogP contribution in [-0.2, 0) is 11.2 Å². The molecule has 2 aliphatic rings. The van der Waals surface area contributed by atoms with Gasteiger partial charge in [-0.25, -0.2) is 9.97 Å². The summed E-state index contributed by atoms with van der Waals surface area (Å²) in [6, 6.07) is 3.90. The zero-order valence-corrected chi connectivity index (χ0v) is 18.6. The number of carboxylic acids is 1. The summed E-state index contributed by atoms with van der Waals surface area (Å²) in [7, 11) is 0. The van der Waals surface area contributed by atoms with Gasteiger partial charge in [-0.1, -0.05) is 13.3 Å². The summed E-state index contributed by atoms with van der Waals surface area (Å²) in [5.41, 5.74) is 3.05. The number of H-pyrrole nitrogens is 1. The number of aliphatic carboxylic acids is 1. The molecule has 2 aromatic heterocycles. The van der Waals surface area contributed by atoms with Crippen molar-refractivity contribution in [1.29, 1.82) is 0 Å². The molecular formula is C24H31N5O3. The van der Waals surface area contributed by atoms with E-state index in [9.17, 15) is 4.79 Å². The summed E-state index contributed by atoms with van der Waals surface area (Å²) >= 11 is 0. The maximum absolute atomic E-state index is 10.9. The molecule has 1 saturated carbocycles. The molecule has 0 atom stereocenters. The Bertz CT molecular complexity index is 972. The lowest BCUT2D eigenvalue weighted by atomic mass is 9.85. The Morgan fingerprint density at radius 1 is 1.22 bits per heavy atom. The number of hydrogen-bond donors (Lipinski definition) is 2. The third-order valence-corrected chi connectivity index (χ3v) is 6.21. The lowest BCUT2D eigenvalue weighted by Gasteiger charge is -2.27. The second-order valence-corrected chi connectivity index (χ2v) is 8.68. The van der Waals surface area contributed by atoms with Crippen molar-refractivity contribution < 1.29 is 14.6 Å². The first-order valence-electron chi connectivity index (χ1n) is 11.6. The van der Waals surface area contributed by atoms with Crippen LogP contribution in [0.15, 0.2) is 29.5 Å². The van der Waals surface area contributed by atoms with Gasteiger partial charge in [0.1, 0.15) is 11.9 Å². The van der Waals surface area contributed by atoms with E-state index < -0.39 is 5.97 Å². The molecule has 170 valence electrons. The molecule has 2 aromatic rings. The third kappa shape index (κ3) is 5.81. The highest BCUT2D eigenvalue weighted by Crippen LogP contribution is 2.29. The minimum absolute atomic E-state index is 0.111. The fraction of sp³-hybridized carbons (Fsp3) is 0.542. The van der Waals surface area contributed by atoms with E-state index in [1.54, 1.807) is 0 Å². The van der Waals surface area contributed by atoms with Gasteiger partial charge in [0.05, 0.1) is 0 Å². The second-order valence-electron chi connectivity index (χ2n) is 8.68. The Morgan fingerprint density at radius 2 is 2.06 bits per heavy atom. The van der Waals surface area contributed by atoms with E-state index in [4.69, 9.17) is 9.84 Å². The normalized spacial score (nSPS) is 21.0. The quantitative estimate of drug-likeness (QED) is 0.594. The maximum Gasteiger partial charge on any atom is 0.303 e. The van der Waals surface area contributed by atoms with Gasteiger partial charge in [-0.15, -0.1) is 0 Å². The van der Waals surface area contributed by atoms with Gasteiger partial charge in [-0.2, -0.15) is 5.10 Å². The molecule has 1 aliphatic heterocycles. The number of aromatic nitrogens is 4. The monoisotopic (exact) mass is 437 g/mol. The van der Waals surface area contributed by atoms with Gasteiger partial charge in [-0.3, -0.25) is 14.9 Å². The first-order chi connectivity index (χ1) is 15.6. The van der Waals surface area contributed by atoms with Crippen LogP contribution in [0.25, 0.3) is 5.57 Å². The number of nitrogens with one attached hydrogen (secondary N) is 1. The van der Waals surface area contributed by atoms with Crippen LogP contribution in [0, 0.1) is 5.92 Å². The van der Waals surface area contributed by atoms with Gasteiger partial charge in [0.25, 0.3) is 0 Å². The molecule has 4 rings (SSSR count). The maximum atomic E-state index is 10.9. The lowest BCUT2D eigenvalue weighted by Crippen LogP contribution is -2.25. The van der Waals surface area contributed by atoms with Gasteiger partial charge in [0.15, 0.2) is 5.82 Å². The molecule has 32 heavy (non-hydrogen) atoms. The highest BCUT2D eigenvalue weighted by atomic mass is 16.5. The molecule has 8 nitrogen and oxygen atoms in total. The summed E-state index contributed by atoms with van der Waals surface area (Å²) in [5, 5.41) is 16.3. The first kappa shape index (κ1) is 22.2. The number of allylic oxidation sites excluding steroid dienone is 1. The number of nitrogens with zero attached hydrogens (tertiary/aromatic N) is 4. The number of aromatic amines is 1. The third-order valence-electron chi connectivity index (χ3n) is 6.21. The number of rotatable bonds is 9. The zero-order chi connectivity index (χ0) is 22.3. The van der Waals surface area contributed by atoms with Crippen molar-refractivity contribution in [3.05, 3.63) is 41.7 Å². The van der Waals surface area contributed by atoms with E-state index in [-0.39, 0.29) is 18.4 Å². The molecule has 8 heteroatoms. The van der Waals surface area contributed by atoms with Gasteiger partial charge in [0.2, 0.25) is 5.88 Å². The topological polar surface area (TPSA) is 113 Å². The van der Waals surface area contributed by atoms with Crippen molar-refractivity contribution in [2.45, 2.75) is 77.2 Å². The summed E-state index contributed by atoms with van der Waals surface area (Å²) in [6.07, 6.45) is 12.4. The smallest absolute Gasteiger partial charge is 0.303 e. The average Bonchev–Trinajstić information content (AvgIpc) is 3.28. The van der Waals surface area contributed by atoms with Gasteiger partial charge in [-0.05, 0) is 56.9 Å². The molecule has 0 aromatic carbocycles. The van der Waals surface area contributed by atoms with E-state index in [1.807, 2.05) is 24.5 Å². The minimum Gasteiger partial charge on any atom is -0.481 e. The van der Waals surface area contributed by atoms with Crippen molar-refractivity contribution in [2.24, 2.45) is 10.9 Å². The molecule has 0 unspecified atom stereocenters. The van der Waals surface area contributed by atoms with Crippen LogP contribution in [-0.4, -0.2) is 43.1 Å². The lowest BCUT2D eigenvalue weighted by molar-refractivity contribution is -0.138. The van der Waals surface area contributed by atoms with E-state index in [0.717, 1.165) is 86.3 Å². The molecule has 0 amide bonds. The van der Waals surface area contributed by atoms with E-state index in [0.29, 0.717) is 5.88 Å². The van der Waals surface area contributed by atoms with Crippen LogP contribution in [0.3, 0.4) is 0 Å².